The van der Waals surface area contributed by atoms with Crippen molar-refractivity contribution in [2.45, 2.75) is 25.3 Å². The van der Waals surface area contributed by atoms with Gasteiger partial charge in [-0.3, -0.25) is 4.79 Å². The normalized spacial score (nSPS) is 17.5. The minimum Gasteiger partial charge on any atom is -0.494 e. The summed E-state index contributed by atoms with van der Waals surface area (Å²) >= 11 is 0. The summed E-state index contributed by atoms with van der Waals surface area (Å²) in [4.78, 5) is 25.0. The minimum atomic E-state index is -0.941. The molecule has 1 heterocycles. The number of nitrogens with zero attached hydrogens (tertiary/aromatic N) is 1. The molecule has 22 heavy (non-hydrogen) atoms. The van der Waals surface area contributed by atoms with Gasteiger partial charge in [0.25, 0.3) is 5.91 Å². The molecular formula is C16H21NO5. The number of carboxylic acid groups (broad SMARTS) is 1. The van der Waals surface area contributed by atoms with E-state index in [0.29, 0.717) is 37.5 Å². The van der Waals surface area contributed by atoms with Crippen LogP contribution in [0.4, 0.5) is 0 Å². The number of rotatable bonds is 7. The van der Waals surface area contributed by atoms with Crippen LogP contribution in [0.1, 0.15) is 29.6 Å². The second-order valence-corrected chi connectivity index (χ2v) is 5.21. The zero-order valence-corrected chi connectivity index (χ0v) is 12.7. The fourth-order valence-electron chi connectivity index (χ4n) is 2.52. The molecule has 0 spiro atoms. The van der Waals surface area contributed by atoms with Gasteiger partial charge in [-0.05, 0) is 37.1 Å². The van der Waals surface area contributed by atoms with Gasteiger partial charge >= 0.3 is 5.97 Å². The van der Waals surface area contributed by atoms with Crippen molar-refractivity contribution in [2.75, 3.05) is 26.9 Å². The van der Waals surface area contributed by atoms with Gasteiger partial charge in [0.15, 0.2) is 0 Å². The number of benzene rings is 1. The molecule has 0 radical (unpaired) electrons. The summed E-state index contributed by atoms with van der Waals surface area (Å²) < 4.78 is 10.5. The molecule has 1 fully saturated rings. The molecule has 0 aliphatic carbocycles. The van der Waals surface area contributed by atoms with Crippen molar-refractivity contribution in [1.29, 1.82) is 0 Å². The third-order valence-electron chi connectivity index (χ3n) is 3.66. The Morgan fingerprint density at radius 1 is 1.27 bits per heavy atom. The van der Waals surface area contributed by atoms with Crippen LogP contribution in [0.5, 0.6) is 5.75 Å². The van der Waals surface area contributed by atoms with Crippen molar-refractivity contribution in [3.05, 3.63) is 29.8 Å². The van der Waals surface area contributed by atoms with Crippen LogP contribution in [-0.4, -0.2) is 54.8 Å². The molecule has 1 aliphatic heterocycles. The van der Waals surface area contributed by atoms with E-state index in [4.69, 9.17) is 14.6 Å². The third-order valence-corrected chi connectivity index (χ3v) is 3.66. The van der Waals surface area contributed by atoms with Gasteiger partial charge in [-0.2, -0.15) is 0 Å². The van der Waals surface area contributed by atoms with Gasteiger partial charge in [0.05, 0.1) is 6.61 Å². The number of amides is 1. The molecule has 6 nitrogen and oxygen atoms in total. The van der Waals surface area contributed by atoms with Gasteiger partial charge in [0.2, 0.25) is 0 Å². The Bertz CT molecular complexity index is 514. The van der Waals surface area contributed by atoms with E-state index in [1.165, 1.54) is 4.90 Å². The molecule has 1 unspecified atom stereocenters. The van der Waals surface area contributed by atoms with E-state index < -0.39 is 12.0 Å². The molecule has 0 bridgehead atoms. The Kier molecular flexibility index (Phi) is 5.77. The summed E-state index contributed by atoms with van der Waals surface area (Å²) in [6.07, 6.45) is 2.04. The van der Waals surface area contributed by atoms with Crippen molar-refractivity contribution in [3.8, 4) is 5.75 Å². The third kappa shape index (κ3) is 3.98. The predicted octanol–water partition coefficient (Wildman–Crippen LogP) is 1.79. The number of ether oxygens (including phenoxy) is 2. The lowest BCUT2D eigenvalue weighted by molar-refractivity contribution is -0.141. The highest BCUT2D eigenvalue weighted by atomic mass is 16.5. The van der Waals surface area contributed by atoms with Crippen LogP contribution >= 0.6 is 0 Å². The number of methoxy groups -OCH3 is 1. The smallest absolute Gasteiger partial charge is 0.326 e. The maximum atomic E-state index is 12.4. The number of aliphatic carboxylic acids is 1. The summed E-state index contributed by atoms with van der Waals surface area (Å²) in [7, 11) is 1.64. The Labute approximate surface area is 129 Å². The Hall–Kier alpha value is -2.08. The lowest BCUT2D eigenvalue weighted by atomic mass is 10.1. The molecule has 120 valence electrons. The van der Waals surface area contributed by atoms with Gasteiger partial charge in [-0.25, -0.2) is 4.79 Å². The van der Waals surface area contributed by atoms with Gasteiger partial charge < -0.3 is 19.5 Å². The summed E-state index contributed by atoms with van der Waals surface area (Å²) in [6, 6.07) is 6.09. The first-order chi connectivity index (χ1) is 10.6. The van der Waals surface area contributed by atoms with Crippen molar-refractivity contribution in [3.63, 3.8) is 0 Å². The number of carboxylic acids is 1. The van der Waals surface area contributed by atoms with Crippen LogP contribution in [0.25, 0.3) is 0 Å². The topological polar surface area (TPSA) is 76.1 Å². The van der Waals surface area contributed by atoms with E-state index in [0.717, 1.165) is 12.8 Å². The van der Waals surface area contributed by atoms with E-state index in [2.05, 4.69) is 0 Å². The summed E-state index contributed by atoms with van der Waals surface area (Å²) in [5.41, 5.74) is 0.484. The van der Waals surface area contributed by atoms with E-state index in [1.54, 1.807) is 31.4 Å². The van der Waals surface area contributed by atoms with Gasteiger partial charge in [-0.1, -0.05) is 0 Å². The molecule has 1 amide bonds. The van der Waals surface area contributed by atoms with Gasteiger partial charge in [0.1, 0.15) is 11.8 Å². The first-order valence-corrected chi connectivity index (χ1v) is 7.39. The molecule has 1 N–H and O–H groups in total. The van der Waals surface area contributed by atoms with Crippen LogP contribution < -0.4 is 4.74 Å². The Balaban J connectivity index is 1.95. The van der Waals surface area contributed by atoms with E-state index >= 15 is 0 Å². The summed E-state index contributed by atoms with van der Waals surface area (Å²) in [5.74, 6) is -0.497. The van der Waals surface area contributed by atoms with Crippen LogP contribution in [0.3, 0.4) is 0 Å². The van der Waals surface area contributed by atoms with Crippen LogP contribution in [0.2, 0.25) is 0 Å². The van der Waals surface area contributed by atoms with E-state index in [1.807, 2.05) is 0 Å². The molecule has 0 saturated carbocycles. The molecule has 1 saturated heterocycles. The second kappa shape index (κ2) is 7.79. The molecule has 1 aliphatic rings. The van der Waals surface area contributed by atoms with Crippen LogP contribution in [-0.2, 0) is 9.53 Å². The largest absolute Gasteiger partial charge is 0.494 e. The SMILES string of the molecule is COCCCOc1ccc(C(=O)N2CCCC2C(=O)O)cc1. The fraction of sp³-hybridized carbons (Fsp3) is 0.500. The van der Waals surface area contributed by atoms with Gasteiger partial charge in [0, 0.05) is 32.2 Å². The molecule has 0 aromatic heterocycles. The lowest BCUT2D eigenvalue weighted by Gasteiger charge is -2.21. The molecule has 2 rings (SSSR count). The lowest BCUT2D eigenvalue weighted by Crippen LogP contribution is -2.40. The predicted molar refractivity (Wildman–Crippen MR) is 80.1 cm³/mol. The van der Waals surface area contributed by atoms with Crippen molar-refractivity contribution >= 4 is 11.9 Å². The van der Waals surface area contributed by atoms with Crippen molar-refractivity contribution in [2.24, 2.45) is 0 Å². The summed E-state index contributed by atoms with van der Waals surface area (Å²) in [5, 5.41) is 9.14. The Morgan fingerprint density at radius 2 is 2.00 bits per heavy atom. The number of hydrogen-bond acceptors (Lipinski definition) is 4. The highest BCUT2D eigenvalue weighted by Gasteiger charge is 2.34. The fourth-order valence-corrected chi connectivity index (χ4v) is 2.52. The van der Waals surface area contributed by atoms with E-state index in [-0.39, 0.29) is 5.91 Å². The molecule has 1 atom stereocenters. The Morgan fingerprint density at radius 3 is 2.64 bits per heavy atom. The standard InChI is InChI=1S/C16H21NO5/c1-21-10-3-11-22-13-7-5-12(6-8-13)15(18)17-9-2-4-14(17)16(19)20/h5-8,14H,2-4,9-11H2,1H3,(H,19,20). The highest BCUT2D eigenvalue weighted by Crippen LogP contribution is 2.21. The number of carbonyl (C=O) groups is 2. The number of carbonyl (C=O) groups excluding carboxylic acids is 1. The highest BCUT2D eigenvalue weighted by molar-refractivity contribution is 5.97. The summed E-state index contributed by atoms with van der Waals surface area (Å²) in [6.45, 7) is 1.68. The molecule has 1 aromatic carbocycles. The molecular weight excluding hydrogens is 286 g/mol. The average molecular weight is 307 g/mol. The average Bonchev–Trinajstić information content (AvgIpc) is 3.01. The van der Waals surface area contributed by atoms with Crippen LogP contribution in [0.15, 0.2) is 24.3 Å². The molecule has 6 heteroatoms. The maximum Gasteiger partial charge on any atom is 0.326 e. The van der Waals surface area contributed by atoms with Crippen LogP contribution in [0, 0.1) is 0 Å². The maximum absolute atomic E-state index is 12.4. The second-order valence-electron chi connectivity index (χ2n) is 5.21. The van der Waals surface area contributed by atoms with Crippen molar-refractivity contribution < 1.29 is 24.2 Å². The zero-order chi connectivity index (χ0) is 15.9. The van der Waals surface area contributed by atoms with Gasteiger partial charge in [-0.15, -0.1) is 0 Å². The quantitative estimate of drug-likeness (QED) is 0.777. The van der Waals surface area contributed by atoms with Crippen molar-refractivity contribution in [1.82, 2.24) is 4.90 Å². The number of hydrogen-bond donors (Lipinski definition) is 1. The number of likely N-dealkylation sites (tertiary alicyclic amines) is 1. The molecule has 1 aromatic rings. The zero-order valence-electron chi connectivity index (χ0n) is 12.7. The van der Waals surface area contributed by atoms with E-state index in [9.17, 15) is 9.59 Å². The minimum absolute atomic E-state index is 0.240. The first kappa shape index (κ1) is 16.3. The monoisotopic (exact) mass is 307 g/mol. The first-order valence-electron chi connectivity index (χ1n) is 7.39.